The Labute approximate surface area is 89.1 Å². The lowest BCUT2D eigenvalue weighted by Crippen LogP contribution is -2.44. The van der Waals surface area contributed by atoms with Gasteiger partial charge >= 0.3 is 12.1 Å². The fraction of sp³-hybridized carbons (Fsp3) is 0.600. The van der Waals surface area contributed by atoms with Gasteiger partial charge < -0.3 is 15.2 Å². The third kappa shape index (κ3) is 5.72. The fourth-order valence-corrected chi connectivity index (χ4v) is 0.917. The van der Waals surface area contributed by atoms with Gasteiger partial charge in [-0.25, -0.2) is 9.59 Å². The molecule has 0 unspecified atom stereocenters. The molecule has 0 aromatic rings. The average Bonchev–Trinajstić information content (AvgIpc) is 2.13. The Bertz CT molecular complexity index is 238. The number of carboxylic acid groups (broad SMARTS) is 1. The van der Waals surface area contributed by atoms with Crippen molar-refractivity contribution in [1.82, 2.24) is 5.32 Å². The molecular weight excluding hydrogens is 198 g/mol. The van der Waals surface area contributed by atoms with Gasteiger partial charge in [0.25, 0.3) is 0 Å². The second-order valence-electron chi connectivity index (χ2n) is 3.42. The van der Waals surface area contributed by atoms with Crippen LogP contribution in [0, 0.1) is 5.92 Å². The molecule has 0 aliphatic heterocycles. The molecule has 0 heterocycles. The van der Waals surface area contributed by atoms with Gasteiger partial charge in [-0.05, 0) is 12.3 Å². The normalized spacial score (nSPS) is 11.9. The number of hydrogen-bond donors (Lipinski definition) is 2. The molecule has 0 spiro atoms. The van der Waals surface area contributed by atoms with Crippen molar-refractivity contribution < 1.29 is 19.4 Å². The number of hydrogen-bond acceptors (Lipinski definition) is 3. The summed E-state index contributed by atoms with van der Waals surface area (Å²) in [6.07, 6.45) is 1.45. The summed E-state index contributed by atoms with van der Waals surface area (Å²) in [6, 6.07) is -0.916. The largest absolute Gasteiger partial charge is 0.480 e. The molecular formula is C10H17NO4. The number of amides is 1. The number of nitrogens with one attached hydrogen (secondary N) is 1. The summed E-state index contributed by atoms with van der Waals surface area (Å²) in [7, 11) is 0. The maximum atomic E-state index is 11.1. The Balaban J connectivity index is 4.00. The van der Waals surface area contributed by atoms with Crippen LogP contribution in [0.1, 0.15) is 20.3 Å². The summed E-state index contributed by atoms with van der Waals surface area (Å²) in [4.78, 5) is 21.8. The quantitative estimate of drug-likeness (QED) is 0.518. The average molecular weight is 215 g/mol. The van der Waals surface area contributed by atoms with Gasteiger partial charge in [-0.1, -0.05) is 19.9 Å². The second-order valence-corrected chi connectivity index (χ2v) is 3.42. The highest BCUT2D eigenvalue weighted by Gasteiger charge is 2.23. The molecule has 1 amide bonds. The van der Waals surface area contributed by atoms with Crippen LogP contribution in [-0.4, -0.2) is 29.8 Å². The first-order valence-corrected chi connectivity index (χ1v) is 4.76. The van der Waals surface area contributed by atoms with Crippen molar-refractivity contribution in [3.63, 3.8) is 0 Å². The van der Waals surface area contributed by atoms with Crippen LogP contribution in [0.4, 0.5) is 4.79 Å². The SMILES string of the molecule is C=CCCOC(=O)N[C@H](C(=O)O)C(C)C. The number of aliphatic carboxylic acids is 1. The topological polar surface area (TPSA) is 75.6 Å². The monoisotopic (exact) mass is 215 g/mol. The maximum Gasteiger partial charge on any atom is 0.407 e. The molecule has 0 aromatic heterocycles. The highest BCUT2D eigenvalue weighted by molar-refractivity contribution is 5.80. The van der Waals surface area contributed by atoms with Gasteiger partial charge in [-0.2, -0.15) is 0 Å². The summed E-state index contributed by atoms with van der Waals surface area (Å²) in [5.74, 6) is -1.25. The molecule has 2 N–H and O–H groups in total. The number of carbonyl (C=O) groups excluding carboxylic acids is 1. The number of alkyl carbamates (subject to hydrolysis) is 1. The van der Waals surface area contributed by atoms with Crippen molar-refractivity contribution in [2.24, 2.45) is 5.92 Å². The van der Waals surface area contributed by atoms with Crippen molar-refractivity contribution >= 4 is 12.1 Å². The van der Waals surface area contributed by atoms with Crippen LogP contribution in [0.3, 0.4) is 0 Å². The first kappa shape index (κ1) is 13.5. The van der Waals surface area contributed by atoms with E-state index in [2.05, 4.69) is 11.9 Å². The Morgan fingerprint density at radius 1 is 1.53 bits per heavy atom. The number of ether oxygens (including phenoxy) is 1. The summed E-state index contributed by atoms with van der Waals surface area (Å²) < 4.78 is 4.73. The van der Waals surface area contributed by atoms with E-state index in [4.69, 9.17) is 9.84 Å². The van der Waals surface area contributed by atoms with Crippen molar-refractivity contribution in [1.29, 1.82) is 0 Å². The van der Waals surface area contributed by atoms with Gasteiger partial charge in [0.15, 0.2) is 0 Å². The first-order valence-electron chi connectivity index (χ1n) is 4.76. The summed E-state index contributed by atoms with van der Waals surface area (Å²) in [5, 5.41) is 11.1. The Kier molecular flexibility index (Phi) is 6.17. The third-order valence-electron chi connectivity index (χ3n) is 1.76. The van der Waals surface area contributed by atoms with Crippen molar-refractivity contribution in [3.05, 3.63) is 12.7 Å². The van der Waals surface area contributed by atoms with Gasteiger partial charge in [0.2, 0.25) is 0 Å². The predicted octanol–water partition coefficient (Wildman–Crippen LogP) is 1.40. The molecule has 0 bridgehead atoms. The molecule has 0 radical (unpaired) electrons. The second kappa shape index (κ2) is 6.86. The van der Waals surface area contributed by atoms with Crippen molar-refractivity contribution in [2.75, 3.05) is 6.61 Å². The highest BCUT2D eigenvalue weighted by atomic mass is 16.5. The summed E-state index contributed by atoms with van der Waals surface area (Å²) in [6.45, 7) is 7.10. The standard InChI is InChI=1S/C10H17NO4/c1-4-5-6-15-10(14)11-8(7(2)3)9(12)13/h4,7-8H,1,5-6H2,2-3H3,(H,11,14)(H,12,13)/t8-/m0/s1. The lowest BCUT2D eigenvalue weighted by molar-refractivity contribution is -0.140. The zero-order chi connectivity index (χ0) is 11.8. The zero-order valence-corrected chi connectivity index (χ0v) is 9.03. The maximum absolute atomic E-state index is 11.1. The van der Waals surface area contributed by atoms with Crippen LogP contribution in [0.25, 0.3) is 0 Å². The van der Waals surface area contributed by atoms with Crippen LogP contribution >= 0.6 is 0 Å². The minimum Gasteiger partial charge on any atom is -0.480 e. The molecule has 5 heteroatoms. The van der Waals surface area contributed by atoms with E-state index < -0.39 is 18.1 Å². The molecule has 5 nitrogen and oxygen atoms in total. The Hall–Kier alpha value is -1.52. The summed E-state index contributed by atoms with van der Waals surface area (Å²) in [5.41, 5.74) is 0. The van der Waals surface area contributed by atoms with Crippen LogP contribution in [0.15, 0.2) is 12.7 Å². The lowest BCUT2D eigenvalue weighted by Gasteiger charge is -2.17. The molecule has 1 atom stereocenters. The molecule has 15 heavy (non-hydrogen) atoms. The summed E-state index contributed by atoms with van der Waals surface area (Å²) >= 11 is 0. The number of carbonyl (C=O) groups is 2. The van der Waals surface area contributed by atoms with Gasteiger partial charge in [0.05, 0.1) is 6.61 Å². The molecule has 0 aliphatic carbocycles. The molecule has 0 aromatic carbocycles. The Morgan fingerprint density at radius 2 is 2.13 bits per heavy atom. The molecule has 0 saturated carbocycles. The van der Waals surface area contributed by atoms with E-state index in [-0.39, 0.29) is 12.5 Å². The number of rotatable bonds is 6. The van der Waals surface area contributed by atoms with Crippen molar-refractivity contribution in [3.8, 4) is 0 Å². The first-order chi connectivity index (χ1) is 6.99. The van der Waals surface area contributed by atoms with Gasteiger partial charge in [0.1, 0.15) is 6.04 Å². The van der Waals surface area contributed by atoms with E-state index in [1.807, 2.05) is 0 Å². The van der Waals surface area contributed by atoms with Crippen LogP contribution in [-0.2, 0) is 9.53 Å². The highest BCUT2D eigenvalue weighted by Crippen LogP contribution is 2.02. The van der Waals surface area contributed by atoms with E-state index in [0.717, 1.165) is 0 Å². The van der Waals surface area contributed by atoms with Crippen molar-refractivity contribution in [2.45, 2.75) is 26.3 Å². The fourth-order valence-electron chi connectivity index (χ4n) is 0.917. The van der Waals surface area contributed by atoms with E-state index >= 15 is 0 Å². The zero-order valence-electron chi connectivity index (χ0n) is 9.03. The molecule has 0 rings (SSSR count). The van der Waals surface area contributed by atoms with E-state index in [9.17, 15) is 9.59 Å². The molecule has 0 aliphatic rings. The van der Waals surface area contributed by atoms with Crippen LogP contribution < -0.4 is 5.32 Å². The number of carboxylic acids is 1. The van der Waals surface area contributed by atoms with E-state index in [1.54, 1.807) is 19.9 Å². The lowest BCUT2D eigenvalue weighted by atomic mass is 10.1. The minimum atomic E-state index is -1.06. The van der Waals surface area contributed by atoms with Gasteiger partial charge in [-0.15, -0.1) is 6.58 Å². The van der Waals surface area contributed by atoms with E-state index in [0.29, 0.717) is 6.42 Å². The Morgan fingerprint density at radius 3 is 2.53 bits per heavy atom. The van der Waals surface area contributed by atoms with Gasteiger partial charge in [-0.3, -0.25) is 0 Å². The molecule has 0 saturated heterocycles. The molecule has 0 fully saturated rings. The smallest absolute Gasteiger partial charge is 0.407 e. The van der Waals surface area contributed by atoms with Crippen LogP contribution in [0.5, 0.6) is 0 Å². The molecule has 86 valence electrons. The van der Waals surface area contributed by atoms with E-state index in [1.165, 1.54) is 0 Å². The predicted molar refractivity (Wildman–Crippen MR) is 55.6 cm³/mol. The minimum absolute atomic E-state index is 0.186. The van der Waals surface area contributed by atoms with Crippen LogP contribution in [0.2, 0.25) is 0 Å². The van der Waals surface area contributed by atoms with Gasteiger partial charge in [0, 0.05) is 0 Å². The third-order valence-corrected chi connectivity index (χ3v) is 1.76.